The van der Waals surface area contributed by atoms with Gasteiger partial charge in [-0.25, -0.2) is 23.5 Å². The second kappa shape index (κ2) is 6.98. The van der Waals surface area contributed by atoms with Crippen molar-refractivity contribution in [3.8, 4) is 22.5 Å². The number of hydrogen-bond acceptors (Lipinski definition) is 3. The molecule has 0 fully saturated rings. The van der Waals surface area contributed by atoms with Gasteiger partial charge in [-0.1, -0.05) is 11.6 Å². The maximum Gasteiger partial charge on any atom is 0.335 e. The summed E-state index contributed by atoms with van der Waals surface area (Å²) in [6.45, 7) is 0. The van der Waals surface area contributed by atoms with Crippen LogP contribution in [0.15, 0.2) is 60.7 Å². The van der Waals surface area contributed by atoms with Crippen LogP contribution in [0.1, 0.15) is 10.4 Å². The van der Waals surface area contributed by atoms with Crippen LogP contribution in [-0.2, 0) is 0 Å². The van der Waals surface area contributed by atoms with Crippen LogP contribution in [0.3, 0.4) is 0 Å². The number of carboxylic acids is 1. The highest BCUT2D eigenvalue weighted by molar-refractivity contribution is 6.30. The molecule has 0 aliphatic rings. The lowest BCUT2D eigenvalue weighted by Crippen LogP contribution is -2.00. The van der Waals surface area contributed by atoms with Gasteiger partial charge in [0, 0.05) is 16.1 Å². The van der Waals surface area contributed by atoms with Crippen molar-refractivity contribution in [1.82, 2.24) is 9.97 Å². The van der Waals surface area contributed by atoms with Gasteiger partial charge in [-0.3, -0.25) is 0 Å². The highest BCUT2D eigenvalue weighted by Gasteiger charge is 2.18. The molecule has 1 heterocycles. The molecule has 0 radical (unpaired) electrons. The van der Waals surface area contributed by atoms with Gasteiger partial charge < -0.3 is 5.11 Å². The lowest BCUT2D eigenvalue weighted by molar-refractivity contribution is 0.0697. The number of carboxylic acid groups (broad SMARTS) is 1. The van der Waals surface area contributed by atoms with Crippen LogP contribution in [0.2, 0.25) is 5.02 Å². The van der Waals surface area contributed by atoms with Gasteiger partial charge in [-0.2, -0.15) is 0 Å². The highest BCUT2D eigenvalue weighted by Crippen LogP contribution is 2.34. The molecule has 1 N–H and O–H groups in total. The minimum Gasteiger partial charge on any atom is -0.478 e. The van der Waals surface area contributed by atoms with E-state index in [1.54, 1.807) is 0 Å². The molecule has 3 aromatic carbocycles. The fraction of sp³-hybridized carbons (Fsp3) is 0. The SMILES string of the molecule is O=C(O)c1ccc2nc(-c3ccc(F)cc3)c(-c3cc(Cl)ccc3F)nc2c1. The highest BCUT2D eigenvalue weighted by atomic mass is 35.5. The summed E-state index contributed by atoms with van der Waals surface area (Å²) in [7, 11) is 0. The first-order valence-corrected chi connectivity index (χ1v) is 8.56. The lowest BCUT2D eigenvalue weighted by atomic mass is 10.0. The van der Waals surface area contributed by atoms with Crippen molar-refractivity contribution in [2.45, 2.75) is 0 Å². The minimum absolute atomic E-state index is 0.0360. The number of rotatable bonds is 3. The number of benzene rings is 3. The second-order valence-electron chi connectivity index (χ2n) is 6.06. The summed E-state index contributed by atoms with van der Waals surface area (Å²) in [5, 5.41) is 9.52. The Morgan fingerprint density at radius 1 is 0.857 bits per heavy atom. The van der Waals surface area contributed by atoms with Crippen LogP contribution in [0.4, 0.5) is 8.78 Å². The number of hydrogen-bond donors (Lipinski definition) is 1. The summed E-state index contributed by atoms with van der Waals surface area (Å²) in [6, 6.07) is 13.9. The second-order valence-corrected chi connectivity index (χ2v) is 6.50. The van der Waals surface area contributed by atoms with Gasteiger partial charge in [0.2, 0.25) is 0 Å². The standard InChI is InChI=1S/C21H11ClF2N2O2/c22-13-4-7-16(24)15(10-13)20-19(11-1-5-14(23)6-2-11)25-17-8-3-12(21(27)28)9-18(17)26-20/h1-10H,(H,27,28). The summed E-state index contributed by atoms with van der Waals surface area (Å²) in [6.07, 6.45) is 0. The molecule has 4 rings (SSSR count). The van der Waals surface area contributed by atoms with Crippen molar-refractivity contribution in [3.05, 3.63) is 82.9 Å². The normalized spacial score (nSPS) is 11.0. The Kier molecular flexibility index (Phi) is 4.49. The third-order valence-corrected chi connectivity index (χ3v) is 4.45. The Hall–Kier alpha value is -3.38. The molecule has 0 saturated carbocycles. The molecule has 4 nitrogen and oxygen atoms in total. The maximum absolute atomic E-state index is 14.5. The van der Waals surface area contributed by atoms with Crippen LogP contribution < -0.4 is 0 Å². The van der Waals surface area contributed by atoms with Crippen LogP contribution in [0.5, 0.6) is 0 Å². The molecular formula is C21H11ClF2N2O2. The van der Waals surface area contributed by atoms with E-state index in [1.165, 1.54) is 60.7 Å². The number of halogens is 3. The van der Waals surface area contributed by atoms with E-state index in [9.17, 15) is 18.7 Å². The number of fused-ring (bicyclic) bond motifs is 1. The first-order chi connectivity index (χ1) is 13.4. The molecule has 1 aromatic heterocycles. The summed E-state index contributed by atoms with van der Waals surface area (Å²) in [4.78, 5) is 20.3. The van der Waals surface area contributed by atoms with Gasteiger partial charge in [0.15, 0.2) is 0 Å². The maximum atomic E-state index is 14.5. The fourth-order valence-corrected chi connectivity index (χ4v) is 3.04. The summed E-state index contributed by atoms with van der Waals surface area (Å²) < 4.78 is 27.9. The molecule has 7 heteroatoms. The van der Waals surface area contributed by atoms with Crippen LogP contribution in [-0.4, -0.2) is 21.0 Å². The van der Waals surface area contributed by atoms with Gasteiger partial charge in [0.05, 0.1) is 22.3 Å². The Balaban J connectivity index is 2.05. The molecule has 0 saturated heterocycles. The minimum atomic E-state index is -1.11. The van der Waals surface area contributed by atoms with Crippen LogP contribution in [0, 0.1) is 11.6 Å². The predicted molar refractivity (Wildman–Crippen MR) is 102 cm³/mol. The molecule has 0 unspecified atom stereocenters. The molecule has 0 bridgehead atoms. The molecule has 0 aliphatic heterocycles. The first-order valence-electron chi connectivity index (χ1n) is 8.19. The van der Waals surface area contributed by atoms with E-state index < -0.39 is 17.6 Å². The lowest BCUT2D eigenvalue weighted by Gasteiger charge is -2.12. The number of aromatic nitrogens is 2. The fourth-order valence-electron chi connectivity index (χ4n) is 2.86. The Morgan fingerprint density at radius 3 is 2.29 bits per heavy atom. The Labute approximate surface area is 163 Å². The van der Waals surface area contributed by atoms with Gasteiger partial charge in [0.1, 0.15) is 17.3 Å². The van der Waals surface area contributed by atoms with Crippen molar-refractivity contribution < 1.29 is 18.7 Å². The predicted octanol–water partition coefficient (Wildman–Crippen LogP) is 5.59. The van der Waals surface area contributed by atoms with E-state index in [4.69, 9.17) is 11.6 Å². The van der Waals surface area contributed by atoms with E-state index >= 15 is 0 Å². The van der Waals surface area contributed by atoms with Crippen LogP contribution >= 0.6 is 11.6 Å². The molecule has 0 aliphatic carbocycles. The summed E-state index contributed by atoms with van der Waals surface area (Å²) >= 11 is 6.03. The monoisotopic (exact) mass is 396 g/mol. The van der Waals surface area contributed by atoms with E-state index in [2.05, 4.69) is 9.97 Å². The Morgan fingerprint density at radius 2 is 1.57 bits per heavy atom. The van der Waals surface area contributed by atoms with Crippen molar-refractivity contribution in [1.29, 1.82) is 0 Å². The van der Waals surface area contributed by atoms with Crippen molar-refractivity contribution in [2.24, 2.45) is 0 Å². The summed E-state index contributed by atoms with van der Waals surface area (Å²) in [5.41, 5.74) is 1.91. The largest absolute Gasteiger partial charge is 0.478 e. The van der Waals surface area contributed by atoms with Gasteiger partial charge in [-0.15, -0.1) is 0 Å². The molecule has 0 amide bonds. The van der Waals surface area contributed by atoms with Crippen molar-refractivity contribution in [2.75, 3.05) is 0 Å². The molecule has 0 atom stereocenters. The quantitative estimate of drug-likeness (QED) is 0.490. The molecule has 4 aromatic rings. The average molecular weight is 397 g/mol. The zero-order chi connectivity index (χ0) is 19.8. The molecule has 0 spiro atoms. The third-order valence-electron chi connectivity index (χ3n) is 4.21. The number of nitrogens with zero attached hydrogens (tertiary/aromatic N) is 2. The summed E-state index contributed by atoms with van der Waals surface area (Å²) in [5.74, 6) is -2.09. The first kappa shape index (κ1) is 18.0. The van der Waals surface area contributed by atoms with E-state index in [0.29, 0.717) is 27.3 Å². The van der Waals surface area contributed by atoms with E-state index in [0.717, 1.165) is 0 Å². The van der Waals surface area contributed by atoms with E-state index in [1.807, 2.05) is 0 Å². The molecular weight excluding hydrogens is 386 g/mol. The molecule has 138 valence electrons. The smallest absolute Gasteiger partial charge is 0.335 e. The zero-order valence-corrected chi connectivity index (χ0v) is 14.9. The average Bonchev–Trinajstić information content (AvgIpc) is 2.69. The number of aromatic carboxylic acids is 1. The van der Waals surface area contributed by atoms with Gasteiger partial charge in [-0.05, 0) is 60.7 Å². The number of carbonyl (C=O) groups is 1. The zero-order valence-electron chi connectivity index (χ0n) is 14.2. The van der Waals surface area contributed by atoms with Crippen molar-refractivity contribution >= 4 is 28.6 Å². The third kappa shape index (κ3) is 3.30. The van der Waals surface area contributed by atoms with Gasteiger partial charge >= 0.3 is 5.97 Å². The molecule has 28 heavy (non-hydrogen) atoms. The Bertz CT molecular complexity index is 1230. The van der Waals surface area contributed by atoms with Gasteiger partial charge in [0.25, 0.3) is 0 Å². The van der Waals surface area contributed by atoms with Crippen molar-refractivity contribution in [3.63, 3.8) is 0 Å². The van der Waals surface area contributed by atoms with Crippen LogP contribution in [0.25, 0.3) is 33.5 Å². The van der Waals surface area contributed by atoms with E-state index in [-0.39, 0.29) is 16.8 Å². The topological polar surface area (TPSA) is 63.1 Å².